The molecule has 0 radical (unpaired) electrons. The number of benzene rings is 3. The van der Waals surface area contributed by atoms with Crippen molar-refractivity contribution in [3.05, 3.63) is 88.6 Å². The molecule has 0 aliphatic heterocycles. The van der Waals surface area contributed by atoms with Gasteiger partial charge in [0.05, 0.1) is 21.8 Å². The summed E-state index contributed by atoms with van der Waals surface area (Å²) in [5.41, 5.74) is 2.06. The SMILES string of the molecule is Cc1noc(-c2ccc(OCc3ccc(F)cc3)cc2O)c1-c1c(F)cccc1Cl. The molecule has 4 aromatic rings. The summed E-state index contributed by atoms with van der Waals surface area (Å²) in [6.45, 7) is 1.87. The molecular weight excluding hydrogens is 412 g/mol. The Morgan fingerprint density at radius 1 is 1.03 bits per heavy atom. The van der Waals surface area contributed by atoms with Gasteiger partial charge in [0.2, 0.25) is 0 Å². The Kier molecular flexibility index (Phi) is 5.42. The van der Waals surface area contributed by atoms with Crippen LogP contribution in [0.25, 0.3) is 22.5 Å². The van der Waals surface area contributed by atoms with Crippen LogP contribution in [0.15, 0.2) is 65.2 Å². The number of halogens is 3. The number of aromatic hydroxyl groups is 1. The number of aryl methyl sites for hydroxylation is 1. The van der Waals surface area contributed by atoms with E-state index in [2.05, 4.69) is 5.16 Å². The maximum atomic E-state index is 14.5. The van der Waals surface area contributed by atoms with E-state index in [0.29, 0.717) is 22.6 Å². The maximum Gasteiger partial charge on any atom is 0.178 e. The van der Waals surface area contributed by atoms with Crippen LogP contribution in [0.5, 0.6) is 11.5 Å². The second kappa shape index (κ2) is 8.16. The van der Waals surface area contributed by atoms with Gasteiger partial charge in [0.15, 0.2) is 5.76 Å². The Hall–Kier alpha value is -3.38. The molecular formula is C23H16ClF2NO3. The number of phenolic OH excluding ortho intramolecular Hbond substituents is 1. The van der Waals surface area contributed by atoms with E-state index in [4.69, 9.17) is 20.9 Å². The van der Waals surface area contributed by atoms with Crippen molar-refractivity contribution in [2.24, 2.45) is 0 Å². The fraction of sp³-hybridized carbons (Fsp3) is 0.0870. The van der Waals surface area contributed by atoms with Crippen molar-refractivity contribution in [3.63, 3.8) is 0 Å². The fourth-order valence-corrected chi connectivity index (χ4v) is 3.38. The molecule has 0 saturated heterocycles. The molecule has 1 heterocycles. The third kappa shape index (κ3) is 3.86. The minimum absolute atomic E-state index is 0.128. The lowest BCUT2D eigenvalue weighted by molar-refractivity contribution is 0.304. The molecule has 0 aliphatic rings. The van der Waals surface area contributed by atoms with Gasteiger partial charge in [-0.05, 0) is 48.9 Å². The molecule has 0 spiro atoms. The molecule has 0 atom stereocenters. The highest BCUT2D eigenvalue weighted by molar-refractivity contribution is 6.33. The zero-order chi connectivity index (χ0) is 21.3. The van der Waals surface area contributed by atoms with E-state index >= 15 is 0 Å². The summed E-state index contributed by atoms with van der Waals surface area (Å²) in [7, 11) is 0. The second-order valence-electron chi connectivity index (χ2n) is 6.66. The number of aromatic nitrogens is 1. The molecule has 0 amide bonds. The Bertz CT molecular complexity index is 1190. The van der Waals surface area contributed by atoms with Gasteiger partial charge in [0.25, 0.3) is 0 Å². The van der Waals surface area contributed by atoms with Crippen LogP contribution in [0.1, 0.15) is 11.3 Å². The average molecular weight is 428 g/mol. The maximum absolute atomic E-state index is 14.5. The van der Waals surface area contributed by atoms with Gasteiger partial charge in [0, 0.05) is 11.6 Å². The molecule has 1 aromatic heterocycles. The minimum Gasteiger partial charge on any atom is -0.507 e. The lowest BCUT2D eigenvalue weighted by Gasteiger charge is -2.10. The zero-order valence-electron chi connectivity index (χ0n) is 15.8. The van der Waals surface area contributed by atoms with Gasteiger partial charge < -0.3 is 14.4 Å². The van der Waals surface area contributed by atoms with E-state index < -0.39 is 5.82 Å². The molecule has 3 aromatic carbocycles. The molecule has 152 valence electrons. The van der Waals surface area contributed by atoms with Crippen molar-refractivity contribution < 1.29 is 23.1 Å². The van der Waals surface area contributed by atoms with Crippen LogP contribution < -0.4 is 4.74 Å². The van der Waals surface area contributed by atoms with Crippen molar-refractivity contribution in [3.8, 4) is 33.9 Å². The van der Waals surface area contributed by atoms with E-state index in [-0.39, 0.29) is 34.5 Å². The number of ether oxygens (including phenoxy) is 1. The van der Waals surface area contributed by atoms with Gasteiger partial charge >= 0.3 is 0 Å². The van der Waals surface area contributed by atoms with Crippen molar-refractivity contribution in [2.75, 3.05) is 0 Å². The Labute approximate surface area is 176 Å². The molecule has 30 heavy (non-hydrogen) atoms. The van der Waals surface area contributed by atoms with Crippen LogP contribution in [0.3, 0.4) is 0 Å². The van der Waals surface area contributed by atoms with Crippen LogP contribution in [-0.4, -0.2) is 10.3 Å². The standard InChI is InChI=1S/C23H16ClF2NO3/c1-13-21(22-18(24)3-2-4-19(22)26)23(30-27-13)17-10-9-16(11-20(17)28)29-12-14-5-7-15(25)8-6-14/h2-11,28H,12H2,1H3. The first-order valence-corrected chi connectivity index (χ1v) is 9.43. The topological polar surface area (TPSA) is 55.5 Å². The third-order valence-corrected chi connectivity index (χ3v) is 4.92. The van der Waals surface area contributed by atoms with Gasteiger partial charge in [-0.1, -0.05) is 35.0 Å². The number of phenols is 1. The number of hydrogen-bond acceptors (Lipinski definition) is 4. The van der Waals surface area contributed by atoms with Crippen molar-refractivity contribution in [2.45, 2.75) is 13.5 Å². The third-order valence-electron chi connectivity index (χ3n) is 4.61. The van der Waals surface area contributed by atoms with Crippen molar-refractivity contribution >= 4 is 11.6 Å². The van der Waals surface area contributed by atoms with Gasteiger partial charge in [-0.25, -0.2) is 8.78 Å². The van der Waals surface area contributed by atoms with E-state index in [1.165, 1.54) is 30.3 Å². The summed E-state index contributed by atoms with van der Waals surface area (Å²) >= 11 is 6.21. The van der Waals surface area contributed by atoms with Crippen LogP contribution >= 0.6 is 11.6 Å². The second-order valence-corrected chi connectivity index (χ2v) is 7.07. The van der Waals surface area contributed by atoms with Crippen molar-refractivity contribution in [1.29, 1.82) is 0 Å². The smallest absolute Gasteiger partial charge is 0.178 e. The lowest BCUT2D eigenvalue weighted by atomic mass is 9.98. The highest BCUT2D eigenvalue weighted by Gasteiger charge is 2.24. The fourth-order valence-electron chi connectivity index (χ4n) is 3.13. The first-order valence-electron chi connectivity index (χ1n) is 9.05. The summed E-state index contributed by atoms with van der Waals surface area (Å²) in [6, 6.07) is 15.0. The van der Waals surface area contributed by atoms with Crippen LogP contribution in [-0.2, 0) is 6.61 Å². The average Bonchev–Trinajstić information content (AvgIpc) is 3.08. The summed E-state index contributed by atoms with van der Waals surface area (Å²) in [5, 5.41) is 14.7. The molecule has 0 aliphatic carbocycles. The van der Waals surface area contributed by atoms with Gasteiger partial charge in [-0.15, -0.1) is 0 Å². The predicted octanol–water partition coefficient (Wildman–Crippen LogP) is 6.53. The van der Waals surface area contributed by atoms with E-state index in [1.54, 1.807) is 37.3 Å². The van der Waals surface area contributed by atoms with Crippen LogP contribution in [0, 0.1) is 18.6 Å². The molecule has 7 heteroatoms. The largest absolute Gasteiger partial charge is 0.507 e. The highest BCUT2D eigenvalue weighted by atomic mass is 35.5. The summed E-state index contributed by atoms with van der Waals surface area (Å²) < 4.78 is 38.5. The molecule has 1 N–H and O–H groups in total. The molecule has 4 nitrogen and oxygen atoms in total. The van der Waals surface area contributed by atoms with Crippen LogP contribution in [0.2, 0.25) is 5.02 Å². The number of rotatable bonds is 5. The van der Waals surface area contributed by atoms with E-state index in [0.717, 1.165) is 5.56 Å². The van der Waals surface area contributed by atoms with Gasteiger partial charge in [-0.3, -0.25) is 0 Å². The van der Waals surface area contributed by atoms with Crippen LogP contribution in [0.4, 0.5) is 8.78 Å². The summed E-state index contributed by atoms with van der Waals surface area (Å²) in [5.74, 6) is -0.372. The Morgan fingerprint density at radius 3 is 2.50 bits per heavy atom. The molecule has 4 rings (SSSR count). The molecule has 0 bridgehead atoms. The van der Waals surface area contributed by atoms with Gasteiger partial charge in [0.1, 0.15) is 29.7 Å². The lowest BCUT2D eigenvalue weighted by Crippen LogP contribution is -1.95. The predicted molar refractivity (Wildman–Crippen MR) is 109 cm³/mol. The van der Waals surface area contributed by atoms with E-state index in [1.807, 2.05) is 0 Å². The Balaban J connectivity index is 1.65. The molecule has 0 saturated carbocycles. The normalized spacial score (nSPS) is 10.9. The van der Waals surface area contributed by atoms with E-state index in [9.17, 15) is 13.9 Å². The summed E-state index contributed by atoms with van der Waals surface area (Å²) in [4.78, 5) is 0. The molecule has 0 fully saturated rings. The molecule has 0 unspecified atom stereocenters. The first-order chi connectivity index (χ1) is 14.4. The first kappa shape index (κ1) is 19.9. The van der Waals surface area contributed by atoms with Crippen molar-refractivity contribution in [1.82, 2.24) is 5.16 Å². The quantitative estimate of drug-likeness (QED) is 0.393. The zero-order valence-corrected chi connectivity index (χ0v) is 16.6. The number of nitrogens with zero attached hydrogens (tertiary/aromatic N) is 1. The highest BCUT2D eigenvalue weighted by Crippen LogP contribution is 2.43. The Morgan fingerprint density at radius 2 is 1.80 bits per heavy atom. The van der Waals surface area contributed by atoms with Gasteiger partial charge in [-0.2, -0.15) is 0 Å². The summed E-state index contributed by atoms with van der Waals surface area (Å²) in [6.07, 6.45) is 0. The monoisotopic (exact) mass is 427 g/mol. The number of hydrogen-bond donors (Lipinski definition) is 1. The minimum atomic E-state index is -0.520.